The van der Waals surface area contributed by atoms with Gasteiger partial charge in [-0.15, -0.1) is 22.7 Å². The smallest absolute Gasteiger partial charge is 0.133 e. The minimum Gasteiger partial charge on any atom is -0.396 e. The molecule has 2 aromatic rings. The van der Waals surface area contributed by atoms with Crippen molar-refractivity contribution >= 4 is 22.7 Å². The molecule has 1 aliphatic rings. The monoisotopic (exact) mass is 322 g/mol. The third kappa shape index (κ3) is 3.37. The predicted molar refractivity (Wildman–Crippen MR) is 89.7 cm³/mol. The van der Waals surface area contributed by atoms with Crippen LogP contribution in [-0.2, 0) is 6.54 Å². The van der Waals surface area contributed by atoms with Crippen molar-refractivity contribution in [1.82, 2.24) is 9.88 Å². The topological polar surface area (TPSA) is 36.4 Å². The molecule has 0 bridgehead atoms. The maximum absolute atomic E-state index is 9.60. The number of hydrogen-bond donors (Lipinski definition) is 1. The maximum atomic E-state index is 9.60. The van der Waals surface area contributed by atoms with Gasteiger partial charge in [0.25, 0.3) is 0 Å². The third-order valence-corrected chi connectivity index (χ3v) is 6.60. The molecule has 0 amide bonds. The van der Waals surface area contributed by atoms with Gasteiger partial charge in [-0.2, -0.15) is 0 Å². The summed E-state index contributed by atoms with van der Waals surface area (Å²) in [6.45, 7) is 5.60. The number of aromatic nitrogens is 1. The molecule has 0 saturated carbocycles. The van der Waals surface area contributed by atoms with Crippen LogP contribution in [0.25, 0.3) is 9.88 Å². The summed E-state index contributed by atoms with van der Waals surface area (Å²) in [7, 11) is 0. The maximum Gasteiger partial charge on any atom is 0.133 e. The Labute approximate surface area is 134 Å². The summed E-state index contributed by atoms with van der Waals surface area (Å²) < 4.78 is 0. The van der Waals surface area contributed by atoms with Crippen LogP contribution in [0, 0.1) is 5.41 Å². The van der Waals surface area contributed by atoms with Crippen molar-refractivity contribution < 1.29 is 5.11 Å². The van der Waals surface area contributed by atoms with E-state index in [2.05, 4.69) is 34.7 Å². The number of thiophene rings is 1. The van der Waals surface area contributed by atoms with Crippen molar-refractivity contribution in [3.63, 3.8) is 0 Å². The normalized spacial score (nSPS) is 19.0. The van der Waals surface area contributed by atoms with E-state index in [1.807, 2.05) is 0 Å². The lowest BCUT2D eigenvalue weighted by Gasteiger charge is -2.40. The standard InChI is InChI=1S/C16H22N2OS2/c1-2-16(12-19)5-7-18(8-6-16)10-13-11-21-15(17-13)14-4-3-9-20-14/h3-4,9,11,19H,2,5-8,10,12H2,1H3. The van der Waals surface area contributed by atoms with Crippen molar-refractivity contribution in [2.45, 2.75) is 32.7 Å². The first-order chi connectivity index (χ1) is 10.2. The molecule has 1 N–H and O–H groups in total. The lowest BCUT2D eigenvalue weighted by Crippen LogP contribution is -2.41. The second kappa shape index (κ2) is 6.57. The molecule has 1 aliphatic heterocycles. The second-order valence-corrected chi connectivity index (χ2v) is 7.71. The summed E-state index contributed by atoms with van der Waals surface area (Å²) in [5, 5.41) is 15.0. The zero-order valence-electron chi connectivity index (χ0n) is 12.4. The number of piperidine rings is 1. The van der Waals surface area contributed by atoms with Gasteiger partial charge < -0.3 is 5.11 Å². The van der Waals surface area contributed by atoms with E-state index in [9.17, 15) is 5.11 Å². The lowest BCUT2D eigenvalue weighted by molar-refractivity contribution is 0.0379. The van der Waals surface area contributed by atoms with Crippen molar-refractivity contribution in [3.8, 4) is 9.88 Å². The van der Waals surface area contributed by atoms with E-state index >= 15 is 0 Å². The Morgan fingerprint density at radius 3 is 2.76 bits per heavy atom. The minimum atomic E-state index is 0.167. The molecule has 3 rings (SSSR count). The summed E-state index contributed by atoms with van der Waals surface area (Å²) in [5.74, 6) is 0. The van der Waals surface area contributed by atoms with Gasteiger partial charge in [-0.05, 0) is 49.2 Å². The third-order valence-electron chi connectivity index (χ3n) is 4.67. The van der Waals surface area contributed by atoms with Gasteiger partial charge in [0.05, 0.1) is 10.6 Å². The van der Waals surface area contributed by atoms with Gasteiger partial charge in [-0.1, -0.05) is 13.0 Å². The highest BCUT2D eigenvalue weighted by Crippen LogP contribution is 2.35. The first-order valence-electron chi connectivity index (χ1n) is 7.56. The highest BCUT2D eigenvalue weighted by molar-refractivity contribution is 7.20. The number of aliphatic hydroxyl groups is 1. The summed E-state index contributed by atoms with van der Waals surface area (Å²) in [6, 6.07) is 4.20. The van der Waals surface area contributed by atoms with Gasteiger partial charge in [-0.25, -0.2) is 4.98 Å². The molecule has 1 fully saturated rings. The number of aliphatic hydroxyl groups excluding tert-OH is 1. The first kappa shape index (κ1) is 15.2. The van der Waals surface area contributed by atoms with Gasteiger partial charge in [0, 0.05) is 18.5 Å². The SMILES string of the molecule is CCC1(CO)CCN(Cc2csc(-c3cccs3)n2)CC1. The van der Waals surface area contributed by atoms with E-state index in [1.54, 1.807) is 22.7 Å². The van der Waals surface area contributed by atoms with E-state index in [0.717, 1.165) is 43.9 Å². The molecule has 114 valence electrons. The second-order valence-electron chi connectivity index (χ2n) is 5.91. The fourth-order valence-electron chi connectivity index (χ4n) is 2.93. The Morgan fingerprint density at radius 2 is 2.14 bits per heavy atom. The zero-order chi connectivity index (χ0) is 14.7. The Kier molecular flexibility index (Phi) is 4.74. The fraction of sp³-hybridized carbons (Fsp3) is 0.562. The van der Waals surface area contributed by atoms with Crippen LogP contribution in [0.2, 0.25) is 0 Å². The Hall–Kier alpha value is -0.750. The summed E-state index contributed by atoms with van der Waals surface area (Å²) in [6.07, 6.45) is 3.28. The molecule has 0 aliphatic carbocycles. The van der Waals surface area contributed by atoms with Crippen LogP contribution in [0.3, 0.4) is 0 Å². The van der Waals surface area contributed by atoms with Crippen molar-refractivity contribution in [2.24, 2.45) is 5.41 Å². The molecule has 2 aromatic heterocycles. The molecule has 21 heavy (non-hydrogen) atoms. The van der Waals surface area contributed by atoms with Crippen molar-refractivity contribution in [3.05, 3.63) is 28.6 Å². The lowest BCUT2D eigenvalue weighted by atomic mass is 9.77. The van der Waals surface area contributed by atoms with Crippen LogP contribution in [0.1, 0.15) is 31.9 Å². The van der Waals surface area contributed by atoms with Gasteiger partial charge in [0.2, 0.25) is 0 Å². The molecule has 0 aromatic carbocycles. The highest BCUT2D eigenvalue weighted by Gasteiger charge is 2.32. The quantitative estimate of drug-likeness (QED) is 0.908. The van der Waals surface area contributed by atoms with Crippen LogP contribution < -0.4 is 0 Å². The molecule has 3 heterocycles. The molecule has 0 spiro atoms. The van der Waals surface area contributed by atoms with Gasteiger partial charge >= 0.3 is 0 Å². The molecule has 0 unspecified atom stereocenters. The van der Waals surface area contributed by atoms with E-state index in [-0.39, 0.29) is 5.41 Å². The Balaban J connectivity index is 1.59. The van der Waals surface area contributed by atoms with Gasteiger partial charge in [0.15, 0.2) is 0 Å². The Morgan fingerprint density at radius 1 is 1.33 bits per heavy atom. The van der Waals surface area contributed by atoms with E-state index in [1.165, 1.54) is 10.6 Å². The molecular formula is C16H22N2OS2. The van der Waals surface area contributed by atoms with Crippen LogP contribution in [0.5, 0.6) is 0 Å². The van der Waals surface area contributed by atoms with Crippen molar-refractivity contribution in [2.75, 3.05) is 19.7 Å². The molecular weight excluding hydrogens is 300 g/mol. The number of thiazole rings is 1. The number of nitrogens with zero attached hydrogens (tertiary/aromatic N) is 2. The van der Waals surface area contributed by atoms with Crippen LogP contribution in [0.15, 0.2) is 22.9 Å². The summed E-state index contributed by atoms with van der Waals surface area (Å²) in [5.41, 5.74) is 1.34. The largest absolute Gasteiger partial charge is 0.396 e. The van der Waals surface area contributed by atoms with Crippen LogP contribution >= 0.6 is 22.7 Å². The fourth-order valence-corrected chi connectivity index (χ4v) is 4.56. The average Bonchev–Trinajstić information content (AvgIpc) is 3.19. The summed E-state index contributed by atoms with van der Waals surface area (Å²) >= 11 is 3.48. The van der Waals surface area contributed by atoms with Crippen LogP contribution in [-0.4, -0.2) is 34.7 Å². The number of likely N-dealkylation sites (tertiary alicyclic amines) is 1. The predicted octanol–water partition coefficient (Wildman–Crippen LogP) is 3.86. The van der Waals surface area contributed by atoms with Crippen molar-refractivity contribution in [1.29, 1.82) is 0 Å². The average molecular weight is 322 g/mol. The molecule has 0 radical (unpaired) electrons. The number of hydrogen-bond acceptors (Lipinski definition) is 5. The van der Waals surface area contributed by atoms with E-state index < -0.39 is 0 Å². The highest BCUT2D eigenvalue weighted by atomic mass is 32.1. The number of rotatable bonds is 5. The zero-order valence-corrected chi connectivity index (χ0v) is 14.1. The minimum absolute atomic E-state index is 0.167. The van der Waals surface area contributed by atoms with E-state index in [0.29, 0.717) is 6.61 Å². The molecule has 5 heteroatoms. The first-order valence-corrected chi connectivity index (χ1v) is 9.32. The Bertz CT molecular complexity index is 551. The van der Waals surface area contributed by atoms with Gasteiger partial charge in [0.1, 0.15) is 5.01 Å². The molecule has 3 nitrogen and oxygen atoms in total. The summed E-state index contributed by atoms with van der Waals surface area (Å²) in [4.78, 5) is 8.49. The van der Waals surface area contributed by atoms with E-state index in [4.69, 9.17) is 4.98 Å². The van der Waals surface area contributed by atoms with Gasteiger partial charge in [-0.3, -0.25) is 4.90 Å². The van der Waals surface area contributed by atoms with Crippen LogP contribution in [0.4, 0.5) is 0 Å². The molecule has 0 atom stereocenters. The molecule has 1 saturated heterocycles.